The number of pyridine rings is 1. The maximum absolute atomic E-state index is 11.0. The summed E-state index contributed by atoms with van der Waals surface area (Å²) in [6, 6.07) is 7.15. The Hall–Kier alpha value is -1.83. The Morgan fingerprint density at radius 3 is 2.71 bits per heavy atom. The van der Waals surface area contributed by atoms with Gasteiger partial charge in [0, 0.05) is 29.4 Å². The lowest BCUT2D eigenvalue weighted by atomic mass is 10.4. The standard InChI is InChI=1S/C13H12N2OS/c14-7-1-2-12-3-4-13(17-12)10-15-8-5-11(16)6-9-15/h3-6,8-9H,7,10,14H2. The van der Waals surface area contributed by atoms with E-state index in [1.54, 1.807) is 35.9 Å². The van der Waals surface area contributed by atoms with Crippen LogP contribution in [-0.4, -0.2) is 11.1 Å². The smallest absolute Gasteiger partial charge is 0.181 e. The third kappa shape index (κ3) is 3.31. The SMILES string of the molecule is NCC#Cc1ccc(Cn2ccc(=O)cc2)s1. The van der Waals surface area contributed by atoms with Crippen molar-refractivity contribution >= 4 is 11.3 Å². The maximum Gasteiger partial charge on any atom is 0.181 e. The first kappa shape index (κ1) is 11.6. The van der Waals surface area contributed by atoms with E-state index in [2.05, 4.69) is 11.8 Å². The van der Waals surface area contributed by atoms with E-state index >= 15 is 0 Å². The molecule has 2 aromatic rings. The van der Waals surface area contributed by atoms with Crippen LogP contribution in [0.5, 0.6) is 0 Å². The van der Waals surface area contributed by atoms with Gasteiger partial charge in [0.1, 0.15) is 0 Å². The molecule has 17 heavy (non-hydrogen) atoms. The molecule has 2 N–H and O–H groups in total. The number of nitrogens with zero attached hydrogens (tertiary/aromatic N) is 1. The van der Waals surface area contributed by atoms with Crippen LogP contribution in [0.15, 0.2) is 41.5 Å². The molecule has 0 fully saturated rings. The van der Waals surface area contributed by atoms with Gasteiger partial charge in [0.15, 0.2) is 5.43 Å². The van der Waals surface area contributed by atoms with Crippen LogP contribution in [0.25, 0.3) is 0 Å². The van der Waals surface area contributed by atoms with Crippen molar-refractivity contribution in [2.45, 2.75) is 6.54 Å². The summed E-state index contributed by atoms with van der Waals surface area (Å²) in [6.45, 7) is 1.14. The van der Waals surface area contributed by atoms with Crippen molar-refractivity contribution in [2.75, 3.05) is 6.54 Å². The van der Waals surface area contributed by atoms with E-state index in [-0.39, 0.29) is 5.43 Å². The minimum absolute atomic E-state index is 0.0296. The highest BCUT2D eigenvalue weighted by Crippen LogP contribution is 2.16. The highest BCUT2D eigenvalue weighted by molar-refractivity contribution is 7.12. The summed E-state index contributed by atoms with van der Waals surface area (Å²) in [5.74, 6) is 5.83. The van der Waals surface area contributed by atoms with E-state index in [4.69, 9.17) is 5.73 Å². The molecule has 0 aliphatic rings. The summed E-state index contributed by atoms with van der Waals surface area (Å²) < 4.78 is 1.97. The minimum atomic E-state index is 0.0296. The molecule has 0 atom stereocenters. The van der Waals surface area contributed by atoms with Gasteiger partial charge in [0.25, 0.3) is 0 Å². The molecule has 0 radical (unpaired) electrons. The lowest BCUT2D eigenvalue weighted by molar-refractivity contribution is 0.801. The van der Waals surface area contributed by atoms with Crippen LogP contribution in [-0.2, 0) is 6.54 Å². The van der Waals surface area contributed by atoms with Crippen molar-refractivity contribution in [1.29, 1.82) is 0 Å². The van der Waals surface area contributed by atoms with Crippen LogP contribution in [0.2, 0.25) is 0 Å². The first-order chi connectivity index (χ1) is 8.28. The van der Waals surface area contributed by atoms with Crippen molar-refractivity contribution < 1.29 is 0 Å². The zero-order chi connectivity index (χ0) is 12.1. The number of nitrogens with two attached hydrogens (primary N) is 1. The Morgan fingerprint density at radius 2 is 2.00 bits per heavy atom. The van der Waals surface area contributed by atoms with Crippen LogP contribution < -0.4 is 11.2 Å². The summed E-state index contributed by atoms with van der Waals surface area (Å²) in [4.78, 5) is 13.2. The Kier molecular flexibility index (Phi) is 3.76. The van der Waals surface area contributed by atoms with E-state index in [1.807, 2.05) is 16.7 Å². The largest absolute Gasteiger partial charge is 0.349 e. The van der Waals surface area contributed by atoms with Crippen LogP contribution in [0.4, 0.5) is 0 Å². The Bertz CT molecular complexity index is 596. The van der Waals surface area contributed by atoms with Gasteiger partial charge in [0.2, 0.25) is 0 Å². The van der Waals surface area contributed by atoms with Crippen molar-refractivity contribution in [3.63, 3.8) is 0 Å². The van der Waals surface area contributed by atoms with E-state index in [9.17, 15) is 4.79 Å². The lowest BCUT2D eigenvalue weighted by Gasteiger charge is -2.02. The quantitative estimate of drug-likeness (QED) is 0.809. The molecule has 4 heteroatoms. The van der Waals surface area contributed by atoms with Crippen LogP contribution in [0.3, 0.4) is 0 Å². The third-order valence-electron chi connectivity index (χ3n) is 2.17. The average Bonchev–Trinajstić information content (AvgIpc) is 2.77. The summed E-state index contributed by atoms with van der Waals surface area (Å²) in [5, 5.41) is 0. The van der Waals surface area contributed by atoms with Gasteiger partial charge < -0.3 is 10.3 Å². The molecule has 0 saturated heterocycles. The molecule has 2 aromatic heterocycles. The zero-order valence-corrected chi connectivity index (χ0v) is 10.0. The Balaban J connectivity index is 2.11. The van der Waals surface area contributed by atoms with Gasteiger partial charge in [-0.15, -0.1) is 11.3 Å². The predicted molar refractivity (Wildman–Crippen MR) is 70.1 cm³/mol. The molecule has 0 saturated carbocycles. The average molecular weight is 244 g/mol. The predicted octanol–water partition coefficient (Wildman–Crippen LogP) is 1.27. The van der Waals surface area contributed by atoms with E-state index in [0.29, 0.717) is 6.54 Å². The molecule has 0 spiro atoms. The Morgan fingerprint density at radius 1 is 1.24 bits per heavy atom. The number of hydrogen-bond donors (Lipinski definition) is 1. The third-order valence-corrected chi connectivity index (χ3v) is 3.16. The minimum Gasteiger partial charge on any atom is -0.349 e. The normalized spacial score (nSPS) is 9.71. The first-order valence-corrected chi connectivity index (χ1v) is 6.03. The van der Waals surface area contributed by atoms with Gasteiger partial charge in [-0.25, -0.2) is 0 Å². The molecule has 0 unspecified atom stereocenters. The van der Waals surface area contributed by atoms with Crippen LogP contribution in [0, 0.1) is 11.8 Å². The highest BCUT2D eigenvalue weighted by Gasteiger charge is 1.98. The van der Waals surface area contributed by atoms with Gasteiger partial charge in [-0.1, -0.05) is 11.8 Å². The fourth-order valence-corrected chi connectivity index (χ4v) is 2.29. The molecule has 0 aliphatic carbocycles. The van der Waals surface area contributed by atoms with Crippen molar-refractivity contribution in [1.82, 2.24) is 4.57 Å². The lowest BCUT2D eigenvalue weighted by Crippen LogP contribution is -2.03. The molecule has 0 aliphatic heterocycles. The summed E-state index contributed by atoms with van der Waals surface area (Å²) in [7, 11) is 0. The zero-order valence-electron chi connectivity index (χ0n) is 9.22. The molecule has 2 heterocycles. The van der Waals surface area contributed by atoms with Crippen molar-refractivity contribution in [2.24, 2.45) is 5.73 Å². The molecule has 0 amide bonds. The van der Waals surface area contributed by atoms with Crippen LogP contribution in [0.1, 0.15) is 9.75 Å². The number of thiophene rings is 1. The molecular formula is C13H12N2OS. The maximum atomic E-state index is 11.0. The van der Waals surface area contributed by atoms with Crippen LogP contribution >= 0.6 is 11.3 Å². The molecule has 0 aromatic carbocycles. The second-order valence-corrected chi connectivity index (χ2v) is 4.65. The van der Waals surface area contributed by atoms with Crippen molar-refractivity contribution in [3.05, 3.63) is 56.6 Å². The van der Waals surface area contributed by atoms with E-state index in [0.717, 1.165) is 11.4 Å². The fourth-order valence-electron chi connectivity index (χ4n) is 1.40. The summed E-state index contributed by atoms with van der Waals surface area (Å²) in [6.07, 6.45) is 3.57. The summed E-state index contributed by atoms with van der Waals surface area (Å²) >= 11 is 1.64. The van der Waals surface area contributed by atoms with Gasteiger partial charge in [0.05, 0.1) is 18.0 Å². The highest BCUT2D eigenvalue weighted by atomic mass is 32.1. The first-order valence-electron chi connectivity index (χ1n) is 5.22. The number of rotatable bonds is 2. The van der Waals surface area contributed by atoms with Gasteiger partial charge in [-0.05, 0) is 12.1 Å². The summed E-state index contributed by atoms with van der Waals surface area (Å²) in [5.41, 5.74) is 5.35. The van der Waals surface area contributed by atoms with Crippen molar-refractivity contribution in [3.8, 4) is 11.8 Å². The number of aromatic nitrogens is 1. The molecule has 0 bridgehead atoms. The van der Waals surface area contributed by atoms with E-state index in [1.165, 1.54) is 4.88 Å². The molecule has 3 nitrogen and oxygen atoms in total. The second-order valence-electron chi connectivity index (χ2n) is 3.48. The van der Waals surface area contributed by atoms with Gasteiger partial charge in [-0.3, -0.25) is 4.79 Å². The molecular weight excluding hydrogens is 232 g/mol. The number of hydrogen-bond acceptors (Lipinski definition) is 3. The topological polar surface area (TPSA) is 48.0 Å². The monoisotopic (exact) mass is 244 g/mol. The Labute approximate surface area is 104 Å². The van der Waals surface area contributed by atoms with Gasteiger partial charge >= 0.3 is 0 Å². The van der Waals surface area contributed by atoms with Gasteiger partial charge in [-0.2, -0.15) is 0 Å². The molecule has 86 valence electrons. The molecule has 2 rings (SSSR count). The second kappa shape index (κ2) is 5.48. The van der Waals surface area contributed by atoms with E-state index < -0.39 is 0 Å². The fraction of sp³-hybridized carbons (Fsp3) is 0.154.